The Morgan fingerprint density at radius 1 is 1.05 bits per heavy atom. The van der Waals surface area contributed by atoms with Crippen molar-refractivity contribution in [3.8, 4) is 0 Å². The monoisotopic (exact) mass is 292 g/mol. The van der Waals surface area contributed by atoms with Crippen molar-refractivity contribution in [3.63, 3.8) is 0 Å². The highest BCUT2D eigenvalue weighted by Gasteiger charge is 2.40. The lowest BCUT2D eigenvalue weighted by Gasteiger charge is -2.31. The van der Waals surface area contributed by atoms with Gasteiger partial charge in [-0.2, -0.15) is 0 Å². The standard InChI is InChI=1S/C17H24O4/c1-10(2)8-9-17(4,5)12-11(3)13(18)15(20-6)16(21-7)14(12)19/h8H,9H2,1-7H3. The number of carbonyl (C=O) groups excluding carboxylic acids is 2. The van der Waals surface area contributed by atoms with Gasteiger partial charge in [-0.05, 0) is 32.6 Å². The summed E-state index contributed by atoms with van der Waals surface area (Å²) < 4.78 is 10.2. The number of Topliss-reactive ketones (excluding diaryl/α,β-unsaturated/α-hetero) is 2. The van der Waals surface area contributed by atoms with Crippen LogP contribution in [0.15, 0.2) is 34.3 Å². The number of methoxy groups -OCH3 is 2. The topological polar surface area (TPSA) is 52.6 Å². The molecule has 4 heteroatoms. The van der Waals surface area contributed by atoms with Crippen molar-refractivity contribution in [2.24, 2.45) is 5.41 Å². The Morgan fingerprint density at radius 3 is 1.95 bits per heavy atom. The van der Waals surface area contributed by atoms with E-state index in [4.69, 9.17) is 9.47 Å². The second-order valence-corrected chi connectivity index (χ2v) is 6.09. The number of allylic oxidation sites excluding steroid dienone is 4. The maximum atomic E-state index is 12.7. The molecule has 0 saturated carbocycles. The molecule has 116 valence electrons. The van der Waals surface area contributed by atoms with Gasteiger partial charge in [0.15, 0.2) is 0 Å². The molecular weight excluding hydrogens is 268 g/mol. The molecule has 1 aliphatic carbocycles. The van der Waals surface area contributed by atoms with Gasteiger partial charge in [0.05, 0.1) is 14.2 Å². The third-order valence-corrected chi connectivity index (χ3v) is 3.67. The highest BCUT2D eigenvalue weighted by Crippen LogP contribution is 2.39. The molecule has 0 atom stereocenters. The molecule has 1 rings (SSSR count). The number of ether oxygens (including phenoxy) is 2. The minimum Gasteiger partial charge on any atom is -0.489 e. The molecule has 0 aliphatic heterocycles. The summed E-state index contributed by atoms with van der Waals surface area (Å²) >= 11 is 0. The molecule has 0 fully saturated rings. The van der Waals surface area contributed by atoms with Crippen LogP contribution >= 0.6 is 0 Å². The van der Waals surface area contributed by atoms with E-state index in [1.165, 1.54) is 19.8 Å². The molecule has 0 amide bonds. The Labute approximate surface area is 126 Å². The zero-order chi connectivity index (χ0) is 16.4. The van der Waals surface area contributed by atoms with Crippen LogP contribution in [0.3, 0.4) is 0 Å². The largest absolute Gasteiger partial charge is 0.489 e. The SMILES string of the molecule is COC1=C(OC)C(=O)C(C(C)(C)CC=C(C)C)=C(C)C1=O. The summed E-state index contributed by atoms with van der Waals surface area (Å²) in [4.78, 5) is 25.1. The third-order valence-electron chi connectivity index (χ3n) is 3.67. The van der Waals surface area contributed by atoms with E-state index in [-0.39, 0.29) is 23.1 Å². The second-order valence-electron chi connectivity index (χ2n) is 6.09. The third kappa shape index (κ3) is 3.26. The van der Waals surface area contributed by atoms with Crippen LogP contribution in [-0.4, -0.2) is 25.8 Å². The van der Waals surface area contributed by atoms with Crippen LogP contribution in [0.1, 0.15) is 41.0 Å². The smallest absolute Gasteiger partial charge is 0.228 e. The normalized spacial score (nSPS) is 16.3. The molecule has 0 aromatic heterocycles. The Kier molecular flexibility index (Phi) is 5.15. The molecule has 0 bridgehead atoms. The molecule has 4 nitrogen and oxygen atoms in total. The predicted octanol–water partition coefficient (Wildman–Crippen LogP) is 3.34. The number of hydrogen-bond acceptors (Lipinski definition) is 4. The number of carbonyl (C=O) groups is 2. The van der Waals surface area contributed by atoms with Crippen LogP contribution < -0.4 is 0 Å². The first kappa shape index (κ1) is 17.2. The second kappa shape index (κ2) is 6.29. The van der Waals surface area contributed by atoms with E-state index >= 15 is 0 Å². The van der Waals surface area contributed by atoms with E-state index < -0.39 is 5.41 Å². The number of hydrogen-bond donors (Lipinski definition) is 0. The van der Waals surface area contributed by atoms with Gasteiger partial charge < -0.3 is 9.47 Å². The first-order valence-corrected chi connectivity index (χ1v) is 6.93. The van der Waals surface area contributed by atoms with Gasteiger partial charge in [-0.1, -0.05) is 25.5 Å². The van der Waals surface area contributed by atoms with Gasteiger partial charge in [0.25, 0.3) is 0 Å². The van der Waals surface area contributed by atoms with Gasteiger partial charge in [0, 0.05) is 11.1 Å². The van der Waals surface area contributed by atoms with Crippen LogP contribution in [0.2, 0.25) is 0 Å². The number of ketones is 2. The molecule has 0 spiro atoms. The van der Waals surface area contributed by atoms with Crippen LogP contribution in [0.5, 0.6) is 0 Å². The molecule has 0 unspecified atom stereocenters. The molecule has 0 heterocycles. The van der Waals surface area contributed by atoms with Gasteiger partial charge in [-0.25, -0.2) is 0 Å². The lowest BCUT2D eigenvalue weighted by Crippen LogP contribution is -2.32. The minimum absolute atomic E-state index is 0.00613. The van der Waals surface area contributed by atoms with Crippen molar-refractivity contribution in [2.75, 3.05) is 14.2 Å². The Balaban J connectivity index is 3.36. The summed E-state index contributed by atoms with van der Waals surface area (Å²) in [6.07, 6.45) is 2.75. The molecule has 0 aromatic carbocycles. The summed E-state index contributed by atoms with van der Waals surface area (Å²) in [7, 11) is 2.74. The van der Waals surface area contributed by atoms with Crippen molar-refractivity contribution in [1.82, 2.24) is 0 Å². The Bertz CT molecular complexity index is 555. The average molecular weight is 292 g/mol. The predicted molar refractivity (Wildman–Crippen MR) is 81.6 cm³/mol. The fourth-order valence-corrected chi connectivity index (χ4v) is 2.52. The summed E-state index contributed by atoms with van der Waals surface area (Å²) in [5.41, 5.74) is 1.67. The van der Waals surface area contributed by atoms with E-state index in [2.05, 4.69) is 6.08 Å². The molecule has 0 aromatic rings. The molecular formula is C17H24O4. The Morgan fingerprint density at radius 2 is 1.52 bits per heavy atom. The van der Waals surface area contributed by atoms with Gasteiger partial charge in [0.1, 0.15) is 0 Å². The fraction of sp³-hybridized carbons (Fsp3) is 0.529. The molecule has 0 saturated heterocycles. The fourth-order valence-electron chi connectivity index (χ4n) is 2.52. The van der Waals surface area contributed by atoms with Crippen molar-refractivity contribution < 1.29 is 19.1 Å². The van der Waals surface area contributed by atoms with E-state index in [1.54, 1.807) is 6.92 Å². The van der Waals surface area contributed by atoms with Crippen molar-refractivity contribution in [2.45, 2.75) is 41.0 Å². The zero-order valence-electron chi connectivity index (χ0n) is 13.9. The quantitative estimate of drug-likeness (QED) is 0.576. The lowest BCUT2D eigenvalue weighted by molar-refractivity contribution is -0.121. The van der Waals surface area contributed by atoms with Gasteiger partial charge >= 0.3 is 0 Å². The van der Waals surface area contributed by atoms with E-state index in [0.29, 0.717) is 17.6 Å². The first-order chi connectivity index (χ1) is 9.67. The lowest BCUT2D eigenvalue weighted by atomic mass is 9.73. The van der Waals surface area contributed by atoms with E-state index in [0.717, 1.165) is 0 Å². The summed E-state index contributed by atoms with van der Waals surface area (Å²) in [6, 6.07) is 0. The Hall–Kier alpha value is -1.84. The van der Waals surface area contributed by atoms with Gasteiger partial charge in [-0.15, -0.1) is 0 Å². The van der Waals surface area contributed by atoms with Crippen molar-refractivity contribution in [1.29, 1.82) is 0 Å². The van der Waals surface area contributed by atoms with Gasteiger partial charge in [-0.3, -0.25) is 9.59 Å². The highest BCUT2D eigenvalue weighted by molar-refractivity contribution is 6.23. The van der Waals surface area contributed by atoms with Crippen LogP contribution in [0, 0.1) is 5.41 Å². The van der Waals surface area contributed by atoms with Crippen molar-refractivity contribution >= 4 is 11.6 Å². The van der Waals surface area contributed by atoms with Crippen molar-refractivity contribution in [3.05, 3.63) is 34.3 Å². The van der Waals surface area contributed by atoms with E-state index in [9.17, 15) is 9.59 Å². The molecule has 0 radical (unpaired) electrons. The molecule has 1 aliphatic rings. The van der Waals surface area contributed by atoms with Crippen LogP contribution in [0.25, 0.3) is 0 Å². The average Bonchev–Trinajstić information content (AvgIpc) is 2.40. The summed E-state index contributed by atoms with van der Waals surface area (Å²) in [5, 5.41) is 0. The number of rotatable bonds is 5. The van der Waals surface area contributed by atoms with Gasteiger partial charge in [0.2, 0.25) is 23.1 Å². The van der Waals surface area contributed by atoms with Crippen LogP contribution in [0.4, 0.5) is 0 Å². The molecule has 21 heavy (non-hydrogen) atoms. The van der Waals surface area contributed by atoms with Crippen LogP contribution in [-0.2, 0) is 19.1 Å². The minimum atomic E-state index is -0.447. The summed E-state index contributed by atoms with van der Waals surface area (Å²) in [5.74, 6) is -0.567. The molecule has 0 N–H and O–H groups in total. The van der Waals surface area contributed by atoms with E-state index in [1.807, 2.05) is 27.7 Å². The first-order valence-electron chi connectivity index (χ1n) is 6.93. The summed E-state index contributed by atoms with van der Waals surface area (Å²) in [6.45, 7) is 9.61. The maximum absolute atomic E-state index is 12.7. The highest BCUT2D eigenvalue weighted by atomic mass is 16.5. The zero-order valence-corrected chi connectivity index (χ0v) is 13.9. The maximum Gasteiger partial charge on any atom is 0.228 e.